The highest BCUT2D eigenvalue weighted by molar-refractivity contribution is 6.06. The molecule has 0 radical (unpaired) electrons. The first-order valence-electron chi connectivity index (χ1n) is 27.0. The van der Waals surface area contributed by atoms with Crippen molar-refractivity contribution >= 4 is 52.6 Å². The second kappa shape index (κ2) is 26.2. The van der Waals surface area contributed by atoms with Crippen LogP contribution in [-0.2, 0) is 21.1 Å². The van der Waals surface area contributed by atoms with Crippen LogP contribution in [0.3, 0.4) is 0 Å². The number of hydrogen-bond donors (Lipinski definition) is 6. The molecule has 0 aliphatic rings. The zero-order valence-corrected chi connectivity index (χ0v) is 47.2. The Labute approximate surface area is 501 Å². The predicted octanol–water partition coefficient (Wildman–Crippen LogP) is 12.5. The van der Waals surface area contributed by atoms with Crippen molar-refractivity contribution in [3.05, 3.63) is 252 Å². The first-order chi connectivity index (χ1) is 42.5. The molecule has 0 spiro atoms. The van der Waals surface area contributed by atoms with E-state index in [1.54, 1.807) is 70.6 Å². The lowest BCUT2D eigenvalue weighted by Gasteiger charge is -2.11. The molecule has 0 saturated heterocycles. The van der Waals surface area contributed by atoms with Crippen molar-refractivity contribution in [2.75, 3.05) is 33.2 Å². The van der Waals surface area contributed by atoms with Gasteiger partial charge in [0, 0.05) is 54.5 Å². The van der Waals surface area contributed by atoms with Crippen molar-refractivity contribution in [2.24, 2.45) is 21.1 Å². The SMILES string of the molecule is Cn1nc(-c2ccccc2)cc1-c1ccc(N)nc1NC(=O)c1ccccc1F.Cn1nc(-c2ccccc2)cc1-c1ccc(NC(=O)c2c(F)cccc2F)nc1N.Cn1nc(-c2ccccc2)cc1-c1ccc(NC(=O)c2ccccc2F)nc1N. The molecule has 12 aromatic rings. The molecule has 0 saturated carbocycles. The van der Waals surface area contributed by atoms with Crippen molar-refractivity contribution in [3.8, 4) is 67.5 Å². The smallest absolute Gasteiger partial charge is 0.262 e. The van der Waals surface area contributed by atoms with Gasteiger partial charge in [0.2, 0.25) is 0 Å². The van der Waals surface area contributed by atoms with Gasteiger partial charge in [-0.15, -0.1) is 0 Å². The second-order valence-electron chi connectivity index (χ2n) is 19.5. The van der Waals surface area contributed by atoms with Crippen LogP contribution in [0.1, 0.15) is 31.1 Å². The Morgan fingerprint density at radius 1 is 0.375 bits per heavy atom. The molecule has 9 N–H and O–H groups in total. The highest BCUT2D eigenvalue weighted by atomic mass is 19.1. The molecular formula is C66H53F4N15O3. The first-order valence-corrected chi connectivity index (χ1v) is 27.0. The molecule has 18 nitrogen and oxygen atoms in total. The van der Waals surface area contributed by atoms with Gasteiger partial charge in [-0.1, -0.05) is 121 Å². The summed E-state index contributed by atoms with van der Waals surface area (Å²) in [7, 11) is 5.42. The number of nitrogens with two attached hydrogens (primary N) is 3. The van der Waals surface area contributed by atoms with Crippen LogP contribution >= 0.6 is 0 Å². The Bertz CT molecular complexity index is 4500. The van der Waals surface area contributed by atoms with Crippen LogP contribution in [-0.4, -0.2) is 62.0 Å². The maximum absolute atomic E-state index is 14.0. The number of amides is 3. The summed E-state index contributed by atoms with van der Waals surface area (Å²) in [6.45, 7) is 0. The summed E-state index contributed by atoms with van der Waals surface area (Å²) >= 11 is 0. The molecule has 6 aromatic heterocycles. The van der Waals surface area contributed by atoms with Gasteiger partial charge in [-0.05, 0) is 91.0 Å². The maximum atomic E-state index is 14.0. The number of halogens is 4. The molecule has 12 rings (SSSR count). The standard InChI is InChI=1S/C22H17F2N5O.2C22H18FN5O/c1-29-18(12-17(28-29)13-6-3-2-4-7-13)14-10-11-19(26-21(14)25)27-22(30)20-15(23)8-5-9-16(20)24;1-28-19(13-18(27-28)14-7-3-2-4-8-14)16-11-12-20(25-21(16)24)26-22(29)15-9-5-6-10-17(15)23;1-28-19(13-18(27-28)14-7-3-2-4-8-14)16-11-12-20(24)25-21(16)26-22(29)15-9-5-6-10-17(15)23/h2-12H,1H3,(H3,25,26,27,30);2*2-13H,1H3,(H3,24,25,26,29). The lowest BCUT2D eigenvalue weighted by atomic mass is 10.1. The van der Waals surface area contributed by atoms with Gasteiger partial charge < -0.3 is 33.2 Å². The minimum atomic E-state index is -0.958. The molecule has 6 heterocycles. The molecule has 0 bridgehead atoms. The minimum Gasteiger partial charge on any atom is -0.384 e. The fourth-order valence-corrected chi connectivity index (χ4v) is 9.25. The summed E-state index contributed by atoms with van der Waals surface area (Å²) in [5, 5.41) is 21.2. The number of pyridine rings is 3. The highest BCUT2D eigenvalue weighted by Crippen LogP contribution is 2.34. The van der Waals surface area contributed by atoms with Crippen LogP contribution in [0.15, 0.2) is 212 Å². The summed E-state index contributed by atoms with van der Waals surface area (Å²) < 4.78 is 60.5. The number of aryl methyl sites for hydroxylation is 3. The lowest BCUT2D eigenvalue weighted by molar-refractivity contribution is 0.101. The fraction of sp³-hybridized carbons (Fsp3) is 0.0455. The summed E-state index contributed by atoms with van der Waals surface area (Å²) in [5.74, 6) is -4.09. The molecular weight excluding hydrogens is 1130 g/mol. The third-order valence-electron chi connectivity index (χ3n) is 13.6. The largest absolute Gasteiger partial charge is 0.384 e. The molecule has 0 atom stereocenters. The van der Waals surface area contributed by atoms with Crippen LogP contribution in [0, 0.1) is 23.3 Å². The van der Waals surface area contributed by atoms with Gasteiger partial charge >= 0.3 is 0 Å². The Hall–Kier alpha value is -12.1. The molecule has 438 valence electrons. The summed E-state index contributed by atoms with van der Waals surface area (Å²) in [4.78, 5) is 49.8. The number of anilines is 6. The molecule has 88 heavy (non-hydrogen) atoms. The molecule has 22 heteroatoms. The zero-order chi connectivity index (χ0) is 62.0. The zero-order valence-electron chi connectivity index (χ0n) is 47.2. The number of nitrogen functional groups attached to an aromatic ring is 3. The van der Waals surface area contributed by atoms with E-state index >= 15 is 0 Å². The van der Waals surface area contributed by atoms with E-state index in [2.05, 4.69) is 46.2 Å². The Morgan fingerprint density at radius 2 is 0.727 bits per heavy atom. The number of benzene rings is 6. The van der Waals surface area contributed by atoms with E-state index in [1.165, 1.54) is 48.5 Å². The monoisotopic (exact) mass is 1180 g/mol. The molecule has 0 aliphatic carbocycles. The Balaban J connectivity index is 0.000000146. The predicted molar refractivity (Wildman–Crippen MR) is 332 cm³/mol. The molecule has 3 amide bonds. The van der Waals surface area contributed by atoms with E-state index in [9.17, 15) is 31.9 Å². The van der Waals surface area contributed by atoms with Crippen LogP contribution in [0.2, 0.25) is 0 Å². The topological polar surface area (TPSA) is 257 Å². The van der Waals surface area contributed by atoms with E-state index in [1.807, 2.05) is 116 Å². The fourth-order valence-electron chi connectivity index (χ4n) is 9.25. The lowest BCUT2D eigenvalue weighted by Crippen LogP contribution is -2.17. The van der Waals surface area contributed by atoms with Gasteiger partial charge in [0.25, 0.3) is 17.7 Å². The van der Waals surface area contributed by atoms with Gasteiger partial charge in [-0.3, -0.25) is 28.4 Å². The number of carbonyl (C=O) groups excluding carboxylic acids is 3. The number of nitrogens with one attached hydrogen (secondary N) is 3. The first kappa shape index (κ1) is 59.1. The van der Waals surface area contributed by atoms with Crippen molar-refractivity contribution in [3.63, 3.8) is 0 Å². The normalized spacial score (nSPS) is 10.7. The van der Waals surface area contributed by atoms with Crippen molar-refractivity contribution in [2.45, 2.75) is 0 Å². The number of hydrogen-bond acceptors (Lipinski definition) is 12. The molecule has 0 aliphatic heterocycles. The summed E-state index contributed by atoms with van der Waals surface area (Å²) in [6.07, 6.45) is 0. The Kier molecular flexibility index (Phi) is 17.6. The Morgan fingerprint density at radius 3 is 1.14 bits per heavy atom. The van der Waals surface area contributed by atoms with Crippen LogP contribution in [0.5, 0.6) is 0 Å². The van der Waals surface area contributed by atoms with E-state index in [0.717, 1.165) is 63.0 Å². The quantitative estimate of drug-likeness (QED) is 0.0624. The molecule has 0 fully saturated rings. The van der Waals surface area contributed by atoms with Gasteiger partial charge in [-0.25, -0.2) is 32.5 Å². The van der Waals surface area contributed by atoms with Crippen molar-refractivity contribution in [1.29, 1.82) is 0 Å². The van der Waals surface area contributed by atoms with Crippen LogP contribution < -0.4 is 33.2 Å². The molecule has 0 unspecified atom stereocenters. The van der Waals surface area contributed by atoms with Crippen LogP contribution in [0.25, 0.3) is 67.5 Å². The van der Waals surface area contributed by atoms with Crippen molar-refractivity contribution in [1.82, 2.24) is 44.3 Å². The minimum absolute atomic E-state index is 0.0592. The van der Waals surface area contributed by atoms with Crippen molar-refractivity contribution < 1.29 is 31.9 Å². The maximum Gasteiger partial charge on any atom is 0.262 e. The molecule has 6 aromatic carbocycles. The average Bonchev–Trinajstić information content (AvgIpc) is 3.70. The number of aromatic nitrogens is 9. The van der Waals surface area contributed by atoms with Gasteiger partial charge in [0.15, 0.2) is 0 Å². The van der Waals surface area contributed by atoms with E-state index < -0.39 is 46.6 Å². The van der Waals surface area contributed by atoms with E-state index in [-0.39, 0.29) is 46.0 Å². The van der Waals surface area contributed by atoms with Crippen LogP contribution in [0.4, 0.5) is 52.5 Å². The van der Waals surface area contributed by atoms with Gasteiger partial charge in [0.05, 0.1) is 45.3 Å². The second-order valence-corrected chi connectivity index (χ2v) is 19.5. The van der Waals surface area contributed by atoms with E-state index in [0.29, 0.717) is 16.7 Å². The van der Waals surface area contributed by atoms with Gasteiger partial charge in [-0.2, -0.15) is 15.3 Å². The third kappa shape index (κ3) is 13.5. The highest BCUT2D eigenvalue weighted by Gasteiger charge is 2.22. The third-order valence-corrected chi connectivity index (χ3v) is 13.6. The van der Waals surface area contributed by atoms with E-state index in [4.69, 9.17) is 17.2 Å². The average molecular weight is 1180 g/mol. The number of rotatable bonds is 12. The summed E-state index contributed by atoms with van der Waals surface area (Å²) in [6, 6.07) is 59.6. The number of carbonyl (C=O) groups is 3. The number of nitrogens with zero attached hydrogens (tertiary/aromatic N) is 9. The van der Waals surface area contributed by atoms with Gasteiger partial charge in [0.1, 0.15) is 63.7 Å². The summed E-state index contributed by atoms with van der Waals surface area (Å²) in [5.41, 5.74) is 26.7.